The van der Waals surface area contributed by atoms with Crippen LogP contribution in [-0.2, 0) is 14.6 Å². The van der Waals surface area contributed by atoms with Crippen LogP contribution in [0.2, 0.25) is 0 Å². The molecule has 2 amide bonds. The van der Waals surface area contributed by atoms with Crippen LogP contribution in [0.5, 0.6) is 17.2 Å². The highest BCUT2D eigenvalue weighted by molar-refractivity contribution is 7.91. The van der Waals surface area contributed by atoms with Crippen LogP contribution in [0.3, 0.4) is 0 Å². The number of rotatable bonds is 11. The number of ether oxygens (including phenoxy) is 3. The van der Waals surface area contributed by atoms with E-state index in [2.05, 4.69) is 10.6 Å². The second-order valence-corrected chi connectivity index (χ2v) is 8.54. The molecule has 9 nitrogen and oxygen atoms in total. The highest BCUT2D eigenvalue weighted by Gasteiger charge is 2.18. The molecule has 0 fully saturated rings. The lowest BCUT2D eigenvalue weighted by molar-refractivity contribution is -0.120. The van der Waals surface area contributed by atoms with Crippen LogP contribution in [0.25, 0.3) is 0 Å². The van der Waals surface area contributed by atoms with Crippen molar-refractivity contribution in [3.8, 4) is 17.2 Å². The zero-order chi connectivity index (χ0) is 22.9. The van der Waals surface area contributed by atoms with Crippen LogP contribution in [0, 0.1) is 0 Å². The molecular weight excluding hydrogens is 424 g/mol. The number of nitrogens with one attached hydrogen (secondary N) is 2. The first kappa shape index (κ1) is 24.0. The fraction of sp³-hybridized carbons (Fsp3) is 0.333. The molecule has 0 saturated heterocycles. The molecule has 168 valence electrons. The number of methoxy groups -OCH3 is 3. The van der Waals surface area contributed by atoms with Crippen molar-refractivity contribution in [3.05, 3.63) is 48.0 Å². The van der Waals surface area contributed by atoms with Gasteiger partial charge >= 0.3 is 0 Å². The van der Waals surface area contributed by atoms with Gasteiger partial charge in [0.05, 0.1) is 38.5 Å². The van der Waals surface area contributed by atoms with Gasteiger partial charge in [0.1, 0.15) is 0 Å². The number of hydrogen-bond acceptors (Lipinski definition) is 7. The maximum absolute atomic E-state index is 12.4. The summed E-state index contributed by atoms with van der Waals surface area (Å²) in [6, 6.07) is 11.1. The largest absolute Gasteiger partial charge is 0.493 e. The summed E-state index contributed by atoms with van der Waals surface area (Å²) in [6.45, 7) is -0.0914. The summed E-state index contributed by atoms with van der Waals surface area (Å²) in [7, 11) is 0.930. The Morgan fingerprint density at radius 2 is 1.52 bits per heavy atom. The van der Waals surface area contributed by atoms with E-state index in [4.69, 9.17) is 14.2 Å². The third kappa shape index (κ3) is 6.61. The molecule has 31 heavy (non-hydrogen) atoms. The molecule has 0 aliphatic rings. The van der Waals surface area contributed by atoms with E-state index >= 15 is 0 Å². The molecule has 0 aliphatic heterocycles. The van der Waals surface area contributed by atoms with Crippen molar-refractivity contribution in [3.63, 3.8) is 0 Å². The van der Waals surface area contributed by atoms with Gasteiger partial charge in [-0.2, -0.15) is 0 Å². The Labute approximate surface area is 181 Å². The fourth-order valence-electron chi connectivity index (χ4n) is 2.77. The topological polar surface area (TPSA) is 120 Å². The normalized spacial score (nSPS) is 10.8. The average Bonchev–Trinajstić information content (AvgIpc) is 2.79. The van der Waals surface area contributed by atoms with Crippen LogP contribution in [0.4, 0.5) is 0 Å². The first-order valence-electron chi connectivity index (χ1n) is 9.45. The first-order chi connectivity index (χ1) is 14.8. The Kier molecular flexibility index (Phi) is 8.68. The van der Waals surface area contributed by atoms with Crippen LogP contribution < -0.4 is 24.8 Å². The maximum atomic E-state index is 12.4. The summed E-state index contributed by atoms with van der Waals surface area (Å²) in [5, 5.41) is 5.09. The van der Waals surface area contributed by atoms with Crippen LogP contribution >= 0.6 is 0 Å². The Bertz CT molecular complexity index is 983. The predicted molar refractivity (Wildman–Crippen MR) is 115 cm³/mol. The number of carbonyl (C=O) groups is 2. The molecule has 2 aromatic carbocycles. The molecule has 2 aromatic rings. The van der Waals surface area contributed by atoms with E-state index in [9.17, 15) is 18.0 Å². The van der Waals surface area contributed by atoms with Crippen LogP contribution in [0.1, 0.15) is 16.8 Å². The Hall–Kier alpha value is -3.27. The number of carbonyl (C=O) groups excluding carboxylic acids is 2. The van der Waals surface area contributed by atoms with Gasteiger partial charge in [0.2, 0.25) is 11.7 Å². The molecule has 2 N–H and O–H groups in total. The van der Waals surface area contributed by atoms with E-state index in [0.29, 0.717) is 17.2 Å². The predicted octanol–water partition coefficient (Wildman–Crippen LogP) is 1.42. The van der Waals surface area contributed by atoms with Gasteiger partial charge in [-0.3, -0.25) is 9.59 Å². The minimum Gasteiger partial charge on any atom is -0.493 e. The highest BCUT2D eigenvalue weighted by Crippen LogP contribution is 2.38. The van der Waals surface area contributed by atoms with Crippen molar-refractivity contribution in [1.82, 2.24) is 10.6 Å². The molecule has 0 atom stereocenters. The molecule has 0 radical (unpaired) electrons. The fourth-order valence-corrected chi connectivity index (χ4v) is 4.10. The zero-order valence-corrected chi connectivity index (χ0v) is 18.5. The van der Waals surface area contributed by atoms with E-state index in [-0.39, 0.29) is 35.7 Å². The molecule has 0 spiro atoms. The molecule has 2 rings (SSSR count). The SMILES string of the molecule is COc1cc(C(=O)NCC(=O)NCCCS(=O)(=O)c2ccccc2)cc(OC)c1OC. The average molecular weight is 451 g/mol. The standard InChI is InChI=1S/C21H26N2O7S/c1-28-17-12-15(13-18(29-2)20(17)30-3)21(25)23-14-19(24)22-10-7-11-31(26,27)16-8-5-4-6-9-16/h4-6,8-9,12-13H,7,10-11,14H2,1-3H3,(H,22,24)(H,23,25). The van der Waals surface area contributed by atoms with E-state index in [1.54, 1.807) is 18.2 Å². The van der Waals surface area contributed by atoms with Crippen molar-refractivity contribution >= 4 is 21.7 Å². The molecule has 0 bridgehead atoms. The Balaban J connectivity index is 1.83. The first-order valence-corrected chi connectivity index (χ1v) is 11.1. The smallest absolute Gasteiger partial charge is 0.251 e. The highest BCUT2D eigenvalue weighted by atomic mass is 32.2. The van der Waals surface area contributed by atoms with E-state index in [1.165, 1.54) is 45.6 Å². The summed E-state index contributed by atoms with van der Waals surface area (Å²) in [6.07, 6.45) is 0.254. The lowest BCUT2D eigenvalue weighted by Crippen LogP contribution is -2.37. The lowest BCUT2D eigenvalue weighted by Gasteiger charge is -2.14. The molecule has 0 aromatic heterocycles. The van der Waals surface area contributed by atoms with Gasteiger partial charge in [-0.25, -0.2) is 8.42 Å². The lowest BCUT2D eigenvalue weighted by atomic mass is 10.1. The Morgan fingerprint density at radius 3 is 2.06 bits per heavy atom. The second kappa shape index (κ2) is 11.2. The van der Waals surface area contributed by atoms with Crippen LogP contribution in [-0.4, -0.2) is 60.4 Å². The van der Waals surface area contributed by atoms with Crippen molar-refractivity contribution < 1.29 is 32.2 Å². The number of amides is 2. The van der Waals surface area contributed by atoms with Crippen molar-refractivity contribution in [2.24, 2.45) is 0 Å². The summed E-state index contributed by atoms with van der Waals surface area (Å²) in [5.41, 5.74) is 0.233. The minimum atomic E-state index is -3.39. The summed E-state index contributed by atoms with van der Waals surface area (Å²) in [5.74, 6) is -0.0365. The third-order valence-electron chi connectivity index (χ3n) is 4.35. The van der Waals surface area contributed by atoms with Gasteiger partial charge in [-0.15, -0.1) is 0 Å². The third-order valence-corrected chi connectivity index (χ3v) is 6.17. The molecule has 0 saturated carbocycles. The van der Waals surface area contributed by atoms with Crippen molar-refractivity contribution in [2.75, 3.05) is 40.2 Å². The summed E-state index contributed by atoms with van der Waals surface area (Å²) in [4.78, 5) is 24.6. The van der Waals surface area contributed by atoms with E-state index < -0.39 is 21.7 Å². The van der Waals surface area contributed by atoms with Gasteiger partial charge in [0.15, 0.2) is 21.3 Å². The van der Waals surface area contributed by atoms with Crippen molar-refractivity contribution in [1.29, 1.82) is 0 Å². The Morgan fingerprint density at radius 1 is 0.903 bits per heavy atom. The second-order valence-electron chi connectivity index (χ2n) is 6.43. The molecule has 10 heteroatoms. The van der Waals surface area contributed by atoms with Gasteiger partial charge < -0.3 is 24.8 Å². The molecule has 0 aliphatic carbocycles. The minimum absolute atomic E-state index is 0.0882. The summed E-state index contributed by atoms with van der Waals surface area (Å²) < 4.78 is 40.0. The number of hydrogen-bond donors (Lipinski definition) is 2. The van der Waals surface area contributed by atoms with Crippen molar-refractivity contribution in [2.45, 2.75) is 11.3 Å². The number of sulfone groups is 1. The van der Waals surface area contributed by atoms with Crippen LogP contribution in [0.15, 0.2) is 47.4 Å². The summed E-state index contributed by atoms with van der Waals surface area (Å²) >= 11 is 0. The maximum Gasteiger partial charge on any atom is 0.251 e. The molecular formula is C21H26N2O7S. The van der Waals surface area contributed by atoms with Gasteiger partial charge in [-0.05, 0) is 30.7 Å². The molecule has 0 heterocycles. The van der Waals surface area contributed by atoms with Gasteiger partial charge in [0, 0.05) is 12.1 Å². The molecule has 0 unspecified atom stereocenters. The monoisotopic (exact) mass is 450 g/mol. The van der Waals surface area contributed by atoms with Gasteiger partial charge in [0.25, 0.3) is 5.91 Å². The van der Waals surface area contributed by atoms with Gasteiger partial charge in [-0.1, -0.05) is 18.2 Å². The van der Waals surface area contributed by atoms with E-state index in [1.807, 2.05) is 0 Å². The zero-order valence-electron chi connectivity index (χ0n) is 17.6. The van der Waals surface area contributed by atoms with E-state index in [0.717, 1.165) is 0 Å². The quantitative estimate of drug-likeness (QED) is 0.497. The number of benzene rings is 2.